The number of nitrogens with one attached hydrogen (secondary N) is 1. The molecule has 0 saturated heterocycles. The topological polar surface area (TPSA) is 337 Å². The first-order chi connectivity index (χ1) is 62.6. The second kappa shape index (κ2) is 50.0. The first kappa shape index (κ1) is 109. The van der Waals surface area contributed by atoms with E-state index in [0.29, 0.717) is 115 Å². The summed E-state index contributed by atoms with van der Waals surface area (Å²) in [4.78, 5) is 162. The molecule has 0 fully saturated rings. The summed E-state index contributed by atoms with van der Waals surface area (Å²) in [5.41, 5.74) is 6.19. The Bertz CT molecular complexity index is 6410. The van der Waals surface area contributed by atoms with Gasteiger partial charge in [-0.3, -0.25) is 57.3 Å². The van der Waals surface area contributed by atoms with Crippen molar-refractivity contribution < 1.29 is 81.4 Å². The van der Waals surface area contributed by atoms with Crippen LogP contribution in [0.25, 0.3) is 44.5 Å². The summed E-state index contributed by atoms with van der Waals surface area (Å²) in [7, 11) is 5.85. The Labute approximate surface area is 818 Å². The number of carbonyl (C=O) groups is 9. The number of halogens is 6. The van der Waals surface area contributed by atoms with Crippen molar-refractivity contribution in [2.24, 2.45) is 0 Å². The smallest absolute Gasteiger partial charge is 0.335 e. The summed E-state index contributed by atoms with van der Waals surface area (Å²) in [6.07, 6.45) is 6.45. The second-order valence-electron chi connectivity index (χ2n) is 32.4. The van der Waals surface area contributed by atoms with Gasteiger partial charge >= 0.3 is 23.9 Å². The summed E-state index contributed by atoms with van der Waals surface area (Å²) in [6.45, 7) is 21.6. The van der Waals surface area contributed by atoms with Gasteiger partial charge in [-0.15, -0.1) is 0 Å². The molecule has 0 saturated carbocycles. The molecule has 12 rings (SSSR count). The van der Waals surface area contributed by atoms with Gasteiger partial charge in [0.15, 0.2) is 28.9 Å². The Morgan fingerprint density at radius 3 is 1.10 bits per heavy atom. The number of H-pyrrole nitrogens is 1. The highest BCUT2D eigenvalue weighted by atomic mass is 79.9. The zero-order valence-corrected chi connectivity index (χ0v) is 84.5. The maximum atomic E-state index is 13.6. The van der Waals surface area contributed by atoms with E-state index < -0.39 is 57.9 Å². The van der Waals surface area contributed by atoms with E-state index in [-0.39, 0.29) is 82.7 Å². The molecule has 25 nitrogen and oxygen atoms in total. The minimum Gasteiger partial charge on any atom is -0.495 e. The van der Waals surface area contributed by atoms with E-state index in [1.54, 1.807) is 138 Å². The molecule has 0 aliphatic rings. The number of aromatic carboxylic acids is 1. The Morgan fingerprint density at radius 1 is 0.414 bits per heavy atom. The number of ether oxygens (including phenoxy) is 7. The maximum Gasteiger partial charge on any atom is 0.335 e. The molecule has 2 N–H and O–H groups in total. The minimum absolute atomic E-state index is 0.00792. The van der Waals surface area contributed by atoms with Crippen LogP contribution in [-0.4, -0.2) is 127 Å². The zero-order valence-electron chi connectivity index (χ0n) is 75.9. The van der Waals surface area contributed by atoms with Crippen LogP contribution >= 0.6 is 112 Å². The first-order valence-electron chi connectivity index (χ1n) is 40.7. The van der Waals surface area contributed by atoms with Gasteiger partial charge in [0, 0.05) is 120 Å². The molecule has 2 unspecified atom stereocenters. The predicted octanol–water partition coefficient (Wildman–Crippen LogP) is 22.3. The van der Waals surface area contributed by atoms with E-state index >= 15 is 0 Å². The number of carbonyl (C=O) groups excluding carboxylic acids is 8. The molecule has 133 heavy (non-hydrogen) atoms. The van der Waals surface area contributed by atoms with Crippen LogP contribution in [0.4, 0.5) is 0 Å². The standard InChI is InChI=1S/C29H24ClNO6S.C25H26ClNO5S.C20H22ClNO5.C14H12ClNO3.C6H11BrO2.C5H5BrS/c1-17(32)22-8-7-21(30)13-23(22)24-14-28(34)31(15-27(24)37-2)25(11-19-9-10-38-16-19)26(33)12-18-3-5-20(6-4-18)29(35)36;1-15(28)18-7-6-17(26)11-19(18)20-12-23(29)27(13-22(20)31-5)21(10-16-8-9-33-14-16)24(30)32-25(2,3)4;1-12(23)14-7-6-13(21)8-15(14)16-9-18(24)22(10-17(16)26-5)11-19(25)27-20(2,3)4;1-8(17)10-4-3-9(15)5-11(10)12-6-14(18)16-7-13(12)19-2;1-6(2,3)9-5(8)4-7;6-3-5-1-2-7-4-5/h3-10,13-16,25H,11-12H2,1-2H3,(H,35,36);6-9,11-14,21H,10H2,1-5H3;6-10H,11H2,1-5H3;3-7H,1-2H3,(H,16,18);4H2,1-3H3;1-2,4H,3H2. The molecule has 0 bridgehead atoms. The fourth-order valence-corrected chi connectivity index (χ4v) is 16.4. The van der Waals surface area contributed by atoms with Crippen LogP contribution < -0.4 is 41.2 Å². The summed E-state index contributed by atoms with van der Waals surface area (Å²) in [5, 5.41) is 24.0. The number of aromatic nitrogens is 4. The molecule has 0 aliphatic heterocycles. The van der Waals surface area contributed by atoms with Crippen molar-refractivity contribution in [3.05, 3.63) is 308 Å². The Balaban J connectivity index is 0.000000233. The predicted molar refractivity (Wildman–Crippen MR) is 532 cm³/mol. The first-order valence-corrected chi connectivity index (χ1v) is 47.2. The van der Waals surface area contributed by atoms with Crippen molar-refractivity contribution in [1.29, 1.82) is 0 Å². The van der Waals surface area contributed by atoms with E-state index in [2.05, 4.69) is 53.7 Å². The van der Waals surface area contributed by atoms with Crippen molar-refractivity contribution in [3.8, 4) is 67.5 Å². The van der Waals surface area contributed by atoms with Gasteiger partial charge in [-0.1, -0.05) is 90.4 Å². The molecule has 7 aromatic heterocycles. The lowest BCUT2D eigenvalue weighted by atomic mass is 9.96. The van der Waals surface area contributed by atoms with Gasteiger partial charge in [0.1, 0.15) is 57.7 Å². The molecule has 7 heterocycles. The number of aromatic amines is 1. The lowest BCUT2D eigenvalue weighted by molar-refractivity contribution is -0.159. The highest BCUT2D eigenvalue weighted by Gasteiger charge is 2.32. The quantitative estimate of drug-likeness (QED) is 0.0209. The van der Waals surface area contributed by atoms with Gasteiger partial charge in [-0.25, -0.2) is 9.59 Å². The van der Waals surface area contributed by atoms with Crippen LogP contribution in [0.5, 0.6) is 23.0 Å². The zero-order chi connectivity index (χ0) is 98.7. The number of carboxylic acids is 1. The van der Waals surface area contributed by atoms with Crippen LogP contribution in [0.15, 0.2) is 216 Å². The second-order valence-corrected chi connectivity index (χ2v) is 37.6. The van der Waals surface area contributed by atoms with Crippen LogP contribution in [-0.2, 0) is 64.5 Å². The maximum absolute atomic E-state index is 13.6. The van der Waals surface area contributed by atoms with Crippen molar-refractivity contribution in [2.45, 2.75) is 150 Å². The summed E-state index contributed by atoms with van der Waals surface area (Å²) >= 11 is 35.5. The third-order valence-corrected chi connectivity index (χ3v) is 23.1. The van der Waals surface area contributed by atoms with Crippen LogP contribution in [0.3, 0.4) is 0 Å². The number of ketones is 5. The molecule has 34 heteroatoms. The Hall–Kier alpha value is -11.5. The fourth-order valence-electron chi connectivity index (χ4n) is 13.0. The third kappa shape index (κ3) is 32.7. The molecule has 12 aromatic rings. The van der Waals surface area contributed by atoms with E-state index in [1.165, 1.54) is 159 Å². The van der Waals surface area contributed by atoms with Crippen LogP contribution in [0.2, 0.25) is 20.1 Å². The summed E-state index contributed by atoms with van der Waals surface area (Å²) < 4.78 is 41.4. The third-order valence-electron chi connectivity index (χ3n) is 18.9. The monoisotopic (exact) mass is 2070 g/mol. The van der Waals surface area contributed by atoms with Gasteiger partial charge in [0.05, 0.1) is 58.6 Å². The number of hydrogen-bond acceptors (Lipinski definition) is 23. The molecule has 2 atom stereocenters. The Morgan fingerprint density at radius 2 is 0.767 bits per heavy atom. The minimum atomic E-state index is -1.05. The van der Waals surface area contributed by atoms with Gasteiger partial charge in [-0.05, 0) is 270 Å². The fraction of sp³-hybridized carbons (Fsp3) is 0.283. The average Bonchev–Trinajstić information content (AvgIpc) is 1.14. The van der Waals surface area contributed by atoms with Crippen molar-refractivity contribution in [2.75, 3.05) is 33.8 Å². The number of nitrogens with zero attached hydrogens (tertiary/aromatic N) is 3. The summed E-state index contributed by atoms with van der Waals surface area (Å²) in [6, 6.07) is 35.1. The van der Waals surface area contributed by atoms with E-state index in [0.717, 1.165) is 16.5 Å². The van der Waals surface area contributed by atoms with Gasteiger partial charge in [-0.2, -0.15) is 34.0 Å². The normalized spacial score (nSPS) is 11.4. The molecule has 0 amide bonds. The number of carboxylic acid groups (broad SMARTS) is 1. The SMILES string of the molecule is BrCc1ccsc1.CC(C)(C)OC(=O)CBr.COc1c[nH]c(=O)cc1-c1cc(Cl)ccc1C(C)=O.COc1cn(C(Cc2ccsc2)C(=O)Cc2ccc(C(=O)O)cc2)c(=O)cc1-c1cc(Cl)ccc1C(C)=O.COc1cn(C(Cc2ccsc2)C(=O)OC(C)(C)C)c(=O)cc1-c1cc(Cl)ccc1C(C)=O.COc1cn(CC(=O)OC(C)(C)C)c(=O)cc1-c1cc(Cl)ccc1C(C)=O. The number of alkyl halides is 2. The molecule has 702 valence electrons. The number of benzene rings is 5. The van der Waals surface area contributed by atoms with E-state index in [9.17, 15) is 62.3 Å². The van der Waals surface area contributed by atoms with Crippen LogP contribution in [0, 0.1) is 0 Å². The number of esters is 3. The van der Waals surface area contributed by atoms with Crippen molar-refractivity contribution in [1.82, 2.24) is 18.7 Å². The Kier molecular flexibility index (Phi) is 40.9. The van der Waals surface area contributed by atoms with Crippen molar-refractivity contribution in [3.63, 3.8) is 0 Å². The molecular weight excluding hydrogens is 1980 g/mol. The number of methoxy groups -OCH3 is 4. The van der Waals surface area contributed by atoms with E-state index in [1.807, 2.05) is 54.4 Å². The van der Waals surface area contributed by atoms with Gasteiger partial charge in [0.2, 0.25) is 5.56 Å². The molecule has 0 spiro atoms. The number of rotatable bonds is 27. The lowest BCUT2D eigenvalue weighted by Crippen LogP contribution is -2.36. The van der Waals surface area contributed by atoms with Crippen LogP contribution in [0.1, 0.15) is 176 Å². The summed E-state index contributed by atoms with van der Waals surface area (Å²) in [5.74, 6) is -1.72. The lowest BCUT2D eigenvalue weighted by Gasteiger charge is -2.25. The number of Topliss-reactive ketones (excluding diaryl/α,β-unsaturated/α-hetero) is 5. The van der Waals surface area contributed by atoms with E-state index in [4.69, 9.17) is 84.7 Å². The highest BCUT2D eigenvalue weighted by molar-refractivity contribution is 9.09. The molecule has 5 aromatic carbocycles. The average molecular weight is 2080 g/mol. The van der Waals surface area contributed by atoms with Crippen molar-refractivity contribution >= 4 is 165 Å². The number of pyridine rings is 4. The highest BCUT2D eigenvalue weighted by Crippen LogP contribution is 2.39. The molecule has 0 radical (unpaired) electrons. The molecule has 0 aliphatic carbocycles. The van der Waals surface area contributed by atoms with Gasteiger partial charge in [0.25, 0.3) is 16.7 Å². The number of hydrogen-bond donors (Lipinski definition) is 2. The number of thiophene rings is 3. The molecular formula is C99H100Br2Cl4N4O21S3. The van der Waals surface area contributed by atoms with Gasteiger partial charge < -0.3 is 52.4 Å². The largest absolute Gasteiger partial charge is 0.495 e.